The van der Waals surface area contributed by atoms with Gasteiger partial charge in [0.15, 0.2) is 5.65 Å². The van der Waals surface area contributed by atoms with Crippen LogP contribution in [-0.4, -0.2) is 93.2 Å². The Morgan fingerprint density at radius 1 is 1.00 bits per heavy atom. The quantitative estimate of drug-likeness (QED) is 0.492. The number of nitrogens with one attached hydrogen (secondary N) is 1. The molecule has 2 aromatic heterocycles. The lowest BCUT2D eigenvalue weighted by molar-refractivity contribution is 0.0644. The Bertz CT molecular complexity index is 1390. The van der Waals surface area contributed by atoms with E-state index < -0.39 is 0 Å². The van der Waals surface area contributed by atoms with Gasteiger partial charge >= 0.3 is 6.09 Å². The van der Waals surface area contributed by atoms with Crippen molar-refractivity contribution in [1.29, 1.82) is 0 Å². The van der Waals surface area contributed by atoms with E-state index in [4.69, 9.17) is 9.72 Å². The number of ether oxygens (including phenoxy) is 1. The van der Waals surface area contributed by atoms with Crippen molar-refractivity contribution >= 4 is 34.9 Å². The molecule has 3 aliphatic heterocycles. The standard InChI is InChI=1S/C30H37N7O3/c1-2-40-30(39)36-18-11-22(12-19-36)26-6-5-17-37-27(26)32-29(33-37)31-24-9-7-23(8-10-24)28(38)35-20-13-25(14-21-35)34-15-3-4-16-34/h5-11,17,25H,2-4,12-16,18-21H2,1H3,(H,31,33). The Hall–Kier alpha value is -3.92. The molecular weight excluding hydrogens is 506 g/mol. The lowest BCUT2D eigenvalue weighted by atomic mass is 10.0. The van der Waals surface area contributed by atoms with Crippen LogP contribution in [0.5, 0.6) is 0 Å². The monoisotopic (exact) mass is 543 g/mol. The number of rotatable bonds is 6. The van der Waals surface area contributed by atoms with Crippen molar-refractivity contribution in [3.8, 4) is 0 Å². The van der Waals surface area contributed by atoms with Gasteiger partial charge in [-0.25, -0.2) is 9.31 Å². The highest BCUT2D eigenvalue weighted by Crippen LogP contribution is 2.27. The predicted octanol–water partition coefficient (Wildman–Crippen LogP) is 4.42. The fourth-order valence-corrected chi connectivity index (χ4v) is 6.05. The van der Waals surface area contributed by atoms with Gasteiger partial charge in [0.25, 0.3) is 5.91 Å². The zero-order chi connectivity index (χ0) is 27.5. The molecule has 10 heteroatoms. The summed E-state index contributed by atoms with van der Waals surface area (Å²) < 4.78 is 6.89. The van der Waals surface area contributed by atoms with E-state index in [0.29, 0.717) is 37.3 Å². The first-order valence-electron chi connectivity index (χ1n) is 14.5. The molecule has 40 heavy (non-hydrogen) atoms. The van der Waals surface area contributed by atoms with Gasteiger partial charge in [0.2, 0.25) is 5.95 Å². The summed E-state index contributed by atoms with van der Waals surface area (Å²) in [5, 5.41) is 7.89. The number of carbonyl (C=O) groups is 2. The highest BCUT2D eigenvalue weighted by Gasteiger charge is 2.28. The van der Waals surface area contributed by atoms with Crippen LogP contribution in [-0.2, 0) is 4.74 Å². The Labute approximate surface area is 234 Å². The van der Waals surface area contributed by atoms with E-state index in [1.54, 1.807) is 9.42 Å². The Morgan fingerprint density at radius 2 is 1.77 bits per heavy atom. The van der Waals surface area contributed by atoms with Crippen LogP contribution < -0.4 is 5.32 Å². The molecule has 2 amide bonds. The van der Waals surface area contributed by atoms with Crippen molar-refractivity contribution < 1.29 is 14.3 Å². The van der Waals surface area contributed by atoms with Crippen molar-refractivity contribution in [3.63, 3.8) is 0 Å². The molecule has 2 saturated heterocycles. The number of benzene rings is 1. The van der Waals surface area contributed by atoms with Gasteiger partial charge in [-0.2, -0.15) is 4.98 Å². The molecule has 1 N–H and O–H groups in total. The number of amides is 2. The highest BCUT2D eigenvalue weighted by molar-refractivity contribution is 5.94. The molecule has 0 spiro atoms. The largest absolute Gasteiger partial charge is 0.450 e. The lowest BCUT2D eigenvalue weighted by Crippen LogP contribution is -2.45. The summed E-state index contributed by atoms with van der Waals surface area (Å²) in [5.41, 5.74) is 4.42. The molecule has 10 nitrogen and oxygen atoms in total. The van der Waals surface area contributed by atoms with E-state index in [0.717, 1.165) is 54.8 Å². The van der Waals surface area contributed by atoms with Crippen LogP contribution in [0.15, 0.2) is 48.7 Å². The Morgan fingerprint density at radius 3 is 2.48 bits per heavy atom. The molecule has 2 fully saturated rings. The molecule has 3 aliphatic rings. The maximum absolute atomic E-state index is 13.1. The fourth-order valence-electron chi connectivity index (χ4n) is 6.05. The van der Waals surface area contributed by atoms with Crippen molar-refractivity contribution in [1.82, 2.24) is 29.3 Å². The smallest absolute Gasteiger partial charge is 0.410 e. The van der Waals surface area contributed by atoms with Gasteiger partial charge in [-0.05, 0) is 94.1 Å². The average molecular weight is 544 g/mol. The van der Waals surface area contributed by atoms with Gasteiger partial charge in [0.05, 0.1) is 6.61 Å². The third kappa shape index (κ3) is 5.54. The number of likely N-dealkylation sites (tertiary alicyclic amines) is 2. The molecule has 3 aromatic rings. The van der Waals surface area contributed by atoms with Gasteiger partial charge in [-0.1, -0.05) is 6.08 Å². The number of nitrogens with zero attached hydrogens (tertiary/aromatic N) is 6. The van der Waals surface area contributed by atoms with E-state index in [9.17, 15) is 9.59 Å². The normalized spacial score (nSPS) is 18.7. The molecule has 1 aromatic carbocycles. The summed E-state index contributed by atoms with van der Waals surface area (Å²) in [4.78, 5) is 36.2. The second-order valence-corrected chi connectivity index (χ2v) is 10.7. The molecule has 6 rings (SSSR count). The van der Waals surface area contributed by atoms with Crippen LogP contribution in [0.2, 0.25) is 0 Å². The summed E-state index contributed by atoms with van der Waals surface area (Å²) in [6.07, 6.45) is 9.11. The Balaban J connectivity index is 1.09. The molecule has 5 heterocycles. The maximum Gasteiger partial charge on any atom is 0.410 e. The molecule has 0 saturated carbocycles. The second-order valence-electron chi connectivity index (χ2n) is 10.7. The number of fused-ring (bicyclic) bond motifs is 1. The summed E-state index contributed by atoms with van der Waals surface area (Å²) in [6.45, 7) is 7.37. The molecule has 0 radical (unpaired) electrons. The minimum Gasteiger partial charge on any atom is -0.450 e. The number of anilines is 2. The first-order chi connectivity index (χ1) is 19.6. The fraction of sp³-hybridized carbons (Fsp3) is 0.467. The average Bonchev–Trinajstić information content (AvgIpc) is 3.68. The minimum atomic E-state index is -0.278. The van der Waals surface area contributed by atoms with E-state index >= 15 is 0 Å². The lowest BCUT2D eigenvalue weighted by Gasteiger charge is -2.36. The molecule has 0 bridgehead atoms. The number of piperidine rings is 1. The van der Waals surface area contributed by atoms with Crippen LogP contribution in [0, 0.1) is 0 Å². The van der Waals surface area contributed by atoms with Gasteiger partial charge in [-0.15, -0.1) is 5.10 Å². The topological polar surface area (TPSA) is 95.3 Å². The number of carbonyl (C=O) groups excluding carboxylic acids is 2. The first kappa shape index (κ1) is 26.3. The van der Waals surface area contributed by atoms with Crippen molar-refractivity contribution in [2.45, 2.75) is 45.1 Å². The van der Waals surface area contributed by atoms with Gasteiger partial charge < -0.3 is 24.8 Å². The third-order valence-electron chi connectivity index (χ3n) is 8.24. The van der Waals surface area contributed by atoms with E-state index in [-0.39, 0.29) is 12.0 Å². The number of pyridine rings is 1. The van der Waals surface area contributed by atoms with Gasteiger partial charge in [0.1, 0.15) is 0 Å². The molecule has 210 valence electrons. The number of hydrogen-bond acceptors (Lipinski definition) is 7. The van der Waals surface area contributed by atoms with Crippen LogP contribution in [0.1, 0.15) is 54.9 Å². The van der Waals surface area contributed by atoms with Crippen LogP contribution in [0.4, 0.5) is 16.4 Å². The van der Waals surface area contributed by atoms with Crippen molar-refractivity contribution in [2.75, 3.05) is 51.2 Å². The summed E-state index contributed by atoms with van der Waals surface area (Å²) in [6, 6.07) is 12.2. The summed E-state index contributed by atoms with van der Waals surface area (Å²) in [5.74, 6) is 0.587. The second kappa shape index (κ2) is 11.7. The van der Waals surface area contributed by atoms with E-state index in [1.807, 2.05) is 54.4 Å². The molecular formula is C30H37N7O3. The van der Waals surface area contributed by atoms with Gasteiger partial charge in [0, 0.05) is 55.2 Å². The van der Waals surface area contributed by atoms with E-state index in [1.165, 1.54) is 25.9 Å². The Kier molecular flexibility index (Phi) is 7.68. The first-order valence-corrected chi connectivity index (χ1v) is 14.5. The molecule has 0 atom stereocenters. The van der Waals surface area contributed by atoms with Crippen molar-refractivity contribution in [3.05, 3.63) is 59.8 Å². The zero-order valence-electron chi connectivity index (χ0n) is 23.1. The number of aromatic nitrogens is 3. The SMILES string of the molecule is CCOC(=O)N1CC=C(c2cccn3nc(Nc4ccc(C(=O)N5CCC(N6CCCC6)CC5)cc4)nc23)CC1. The van der Waals surface area contributed by atoms with Crippen LogP contribution >= 0.6 is 0 Å². The van der Waals surface area contributed by atoms with Crippen molar-refractivity contribution in [2.24, 2.45) is 0 Å². The zero-order valence-corrected chi connectivity index (χ0v) is 23.1. The van der Waals surface area contributed by atoms with E-state index in [2.05, 4.69) is 21.4 Å². The number of hydrogen-bond donors (Lipinski definition) is 1. The molecule has 0 unspecified atom stereocenters. The van der Waals surface area contributed by atoms with Crippen LogP contribution in [0.3, 0.4) is 0 Å². The minimum absolute atomic E-state index is 0.101. The van der Waals surface area contributed by atoms with Crippen LogP contribution in [0.25, 0.3) is 11.2 Å². The summed E-state index contributed by atoms with van der Waals surface area (Å²) in [7, 11) is 0. The van der Waals surface area contributed by atoms with Gasteiger partial charge in [-0.3, -0.25) is 4.79 Å². The summed E-state index contributed by atoms with van der Waals surface area (Å²) >= 11 is 0. The maximum atomic E-state index is 13.1. The predicted molar refractivity (Wildman–Crippen MR) is 154 cm³/mol. The highest BCUT2D eigenvalue weighted by atomic mass is 16.6. The molecule has 0 aliphatic carbocycles. The third-order valence-corrected chi connectivity index (χ3v) is 8.24.